The summed E-state index contributed by atoms with van der Waals surface area (Å²) >= 11 is 0. The molecule has 0 saturated heterocycles. The van der Waals surface area contributed by atoms with Crippen molar-refractivity contribution in [2.24, 2.45) is 5.92 Å². The first-order valence-electron chi connectivity index (χ1n) is 6.97. The van der Waals surface area contributed by atoms with Gasteiger partial charge in [-0.1, -0.05) is 51.1 Å². The SMILES string of the molecule is CCc1cccc(C(Nc2ccccn2)C(C)C)c1. The van der Waals surface area contributed by atoms with Crippen molar-refractivity contribution in [1.29, 1.82) is 0 Å². The lowest BCUT2D eigenvalue weighted by Gasteiger charge is -2.24. The van der Waals surface area contributed by atoms with Crippen molar-refractivity contribution in [1.82, 2.24) is 4.98 Å². The monoisotopic (exact) mass is 254 g/mol. The average molecular weight is 254 g/mol. The highest BCUT2D eigenvalue weighted by atomic mass is 15.0. The van der Waals surface area contributed by atoms with Gasteiger partial charge in [-0.3, -0.25) is 0 Å². The Balaban J connectivity index is 2.24. The van der Waals surface area contributed by atoms with Gasteiger partial charge >= 0.3 is 0 Å². The Kier molecular flexibility index (Phi) is 4.56. The highest BCUT2D eigenvalue weighted by molar-refractivity contribution is 5.39. The lowest BCUT2D eigenvalue weighted by molar-refractivity contribution is 0.544. The normalized spacial score (nSPS) is 12.4. The second kappa shape index (κ2) is 6.37. The molecular weight excluding hydrogens is 232 g/mol. The Morgan fingerprint density at radius 2 is 1.95 bits per heavy atom. The van der Waals surface area contributed by atoms with Crippen LogP contribution in [0.15, 0.2) is 48.7 Å². The molecule has 0 fully saturated rings. The Bertz CT molecular complexity index is 506. The van der Waals surface area contributed by atoms with Crippen molar-refractivity contribution < 1.29 is 0 Å². The number of aromatic nitrogens is 1. The molecule has 1 heterocycles. The third-order valence-corrected chi connectivity index (χ3v) is 3.35. The first kappa shape index (κ1) is 13.6. The summed E-state index contributed by atoms with van der Waals surface area (Å²) in [7, 11) is 0. The molecule has 0 spiro atoms. The fraction of sp³-hybridized carbons (Fsp3) is 0.353. The van der Waals surface area contributed by atoms with Crippen LogP contribution in [0.25, 0.3) is 0 Å². The zero-order chi connectivity index (χ0) is 13.7. The van der Waals surface area contributed by atoms with Crippen LogP contribution < -0.4 is 5.32 Å². The van der Waals surface area contributed by atoms with E-state index in [2.05, 4.69) is 55.3 Å². The predicted molar refractivity (Wildman–Crippen MR) is 81.3 cm³/mol. The first-order valence-corrected chi connectivity index (χ1v) is 6.97. The minimum Gasteiger partial charge on any atom is -0.363 e. The van der Waals surface area contributed by atoms with Crippen LogP contribution in [0.1, 0.15) is 37.9 Å². The number of hydrogen-bond acceptors (Lipinski definition) is 2. The van der Waals surface area contributed by atoms with Gasteiger partial charge in [-0.25, -0.2) is 4.98 Å². The third kappa shape index (κ3) is 3.57. The molecule has 2 nitrogen and oxygen atoms in total. The zero-order valence-corrected chi connectivity index (χ0v) is 11.9. The van der Waals surface area contributed by atoms with Gasteiger partial charge in [-0.15, -0.1) is 0 Å². The highest BCUT2D eigenvalue weighted by Crippen LogP contribution is 2.26. The van der Waals surface area contributed by atoms with Crippen molar-refractivity contribution >= 4 is 5.82 Å². The maximum atomic E-state index is 4.36. The van der Waals surface area contributed by atoms with Crippen LogP contribution in [0.5, 0.6) is 0 Å². The molecule has 1 aromatic carbocycles. The molecule has 0 aliphatic rings. The van der Waals surface area contributed by atoms with Crippen LogP contribution in [-0.2, 0) is 6.42 Å². The third-order valence-electron chi connectivity index (χ3n) is 3.35. The molecule has 1 N–H and O–H groups in total. The fourth-order valence-electron chi connectivity index (χ4n) is 2.25. The van der Waals surface area contributed by atoms with E-state index in [1.165, 1.54) is 11.1 Å². The first-order chi connectivity index (χ1) is 9.20. The summed E-state index contributed by atoms with van der Waals surface area (Å²) in [6.45, 7) is 6.66. The summed E-state index contributed by atoms with van der Waals surface area (Å²) in [6, 6.07) is 15.1. The molecule has 0 aliphatic carbocycles. The van der Waals surface area contributed by atoms with Crippen LogP contribution in [-0.4, -0.2) is 4.98 Å². The number of rotatable bonds is 5. The van der Waals surface area contributed by atoms with E-state index in [1.807, 2.05) is 24.4 Å². The summed E-state index contributed by atoms with van der Waals surface area (Å²) in [5.74, 6) is 1.44. The van der Waals surface area contributed by atoms with E-state index >= 15 is 0 Å². The maximum Gasteiger partial charge on any atom is 0.126 e. The second-order valence-electron chi connectivity index (χ2n) is 5.18. The largest absolute Gasteiger partial charge is 0.363 e. The smallest absolute Gasteiger partial charge is 0.126 e. The summed E-state index contributed by atoms with van der Waals surface area (Å²) in [5.41, 5.74) is 2.71. The lowest BCUT2D eigenvalue weighted by atomic mass is 9.94. The van der Waals surface area contributed by atoms with Crippen molar-refractivity contribution in [2.45, 2.75) is 33.2 Å². The van der Waals surface area contributed by atoms with Crippen LogP contribution in [0.4, 0.5) is 5.82 Å². The fourth-order valence-corrected chi connectivity index (χ4v) is 2.25. The van der Waals surface area contributed by atoms with Gasteiger partial charge in [0, 0.05) is 6.20 Å². The highest BCUT2D eigenvalue weighted by Gasteiger charge is 2.16. The minimum absolute atomic E-state index is 0.293. The number of hydrogen-bond donors (Lipinski definition) is 1. The van der Waals surface area contributed by atoms with Crippen LogP contribution in [0.2, 0.25) is 0 Å². The molecule has 1 aromatic heterocycles. The Hall–Kier alpha value is -1.83. The van der Waals surface area contributed by atoms with Crippen molar-refractivity contribution in [3.63, 3.8) is 0 Å². The van der Waals surface area contributed by atoms with E-state index in [0.717, 1.165) is 12.2 Å². The molecule has 0 saturated carbocycles. The lowest BCUT2D eigenvalue weighted by Crippen LogP contribution is -2.17. The number of nitrogens with zero attached hydrogens (tertiary/aromatic N) is 1. The van der Waals surface area contributed by atoms with Gasteiger partial charge in [0.1, 0.15) is 5.82 Å². The van der Waals surface area contributed by atoms with Crippen molar-refractivity contribution in [2.75, 3.05) is 5.32 Å². The number of anilines is 1. The number of aryl methyl sites for hydroxylation is 1. The van der Waals surface area contributed by atoms with E-state index in [4.69, 9.17) is 0 Å². The van der Waals surface area contributed by atoms with Crippen molar-refractivity contribution in [3.05, 3.63) is 59.8 Å². The number of benzene rings is 1. The predicted octanol–water partition coefficient (Wildman–Crippen LogP) is 4.45. The Morgan fingerprint density at radius 1 is 1.11 bits per heavy atom. The van der Waals surface area contributed by atoms with Gasteiger partial charge in [0.2, 0.25) is 0 Å². The molecule has 100 valence electrons. The molecule has 2 rings (SSSR count). The van der Waals surface area contributed by atoms with Crippen LogP contribution in [0, 0.1) is 5.92 Å². The van der Waals surface area contributed by atoms with Gasteiger partial charge in [-0.05, 0) is 35.6 Å². The van der Waals surface area contributed by atoms with E-state index in [1.54, 1.807) is 0 Å². The number of pyridine rings is 1. The van der Waals surface area contributed by atoms with E-state index < -0.39 is 0 Å². The zero-order valence-electron chi connectivity index (χ0n) is 11.9. The molecule has 2 heteroatoms. The minimum atomic E-state index is 0.293. The molecule has 0 amide bonds. The van der Waals surface area contributed by atoms with E-state index in [-0.39, 0.29) is 0 Å². The van der Waals surface area contributed by atoms with Gasteiger partial charge in [0.15, 0.2) is 0 Å². The topological polar surface area (TPSA) is 24.9 Å². The Morgan fingerprint density at radius 3 is 2.58 bits per heavy atom. The molecule has 1 atom stereocenters. The second-order valence-corrected chi connectivity index (χ2v) is 5.18. The molecule has 2 aromatic rings. The number of nitrogens with one attached hydrogen (secondary N) is 1. The van der Waals surface area contributed by atoms with Crippen LogP contribution >= 0.6 is 0 Å². The molecule has 0 radical (unpaired) electrons. The van der Waals surface area contributed by atoms with Gasteiger partial charge in [0.05, 0.1) is 6.04 Å². The summed E-state index contributed by atoms with van der Waals surface area (Å²) < 4.78 is 0. The van der Waals surface area contributed by atoms with E-state index in [9.17, 15) is 0 Å². The molecule has 0 bridgehead atoms. The van der Waals surface area contributed by atoms with Crippen LogP contribution in [0.3, 0.4) is 0 Å². The maximum absolute atomic E-state index is 4.36. The molecule has 19 heavy (non-hydrogen) atoms. The van der Waals surface area contributed by atoms with Gasteiger partial charge < -0.3 is 5.32 Å². The summed E-state index contributed by atoms with van der Waals surface area (Å²) in [5, 5.41) is 3.53. The summed E-state index contributed by atoms with van der Waals surface area (Å²) in [6.07, 6.45) is 2.89. The Labute approximate surface area is 115 Å². The average Bonchev–Trinajstić information content (AvgIpc) is 2.45. The molecule has 1 unspecified atom stereocenters. The van der Waals surface area contributed by atoms with Gasteiger partial charge in [0.25, 0.3) is 0 Å². The van der Waals surface area contributed by atoms with Crippen molar-refractivity contribution in [3.8, 4) is 0 Å². The quantitative estimate of drug-likeness (QED) is 0.852. The van der Waals surface area contributed by atoms with Gasteiger partial charge in [-0.2, -0.15) is 0 Å². The summed E-state index contributed by atoms with van der Waals surface area (Å²) in [4.78, 5) is 4.36. The standard InChI is InChI=1S/C17H22N2/c1-4-14-8-7-9-15(12-14)17(13(2)3)19-16-10-5-6-11-18-16/h5-13,17H,4H2,1-3H3,(H,18,19). The van der Waals surface area contributed by atoms with E-state index in [0.29, 0.717) is 12.0 Å². The molecular formula is C17H22N2. The molecule has 0 aliphatic heterocycles.